The van der Waals surface area contributed by atoms with Crippen molar-refractivity contribution in [1.29, 1.82) is 0 Å². The first-order chi connectivity index (χ1) is 11.3. The number of carboxylic acid groups (broad SMARTS) is 1. The van der Waals surface area contributed by atoms with Gasteiger partial charge in [0.25, 0.3) is 0 Å². The minimum atomic E-state index is -1.01. The predicted octanol–water partition coefficient (Wildman–Crippen LogP) is 5.29. The molecule has 0 saturated heterocycles. The fraction of sp³-hybridized carbons (Fsp3) is 0.235. The highest BCUT2D eigenvalue weighted by atomic mass is 35.5. The molecule has 5 nitrogen and oxygen atoms in total. The van der Waals surface area contributed by atoms with Gasteiger partial charge in [0.05, 0.1) is 27.8 Å². The van der Waals surface area contributed by atoms with Gasteiger partial charge in [0.2, 0.25) is 0 Å². The first kappa shape index (κ1) is 16.7. The van der Waals surface area contributed by atoms with Crippen LogP contribution in [0, 0.1) is 0 Å². The zero-order chi connectivity index (χ0) is 17.5. The molecule has 0 spiro atoms. The molecule has 0 aliphatic carbocycles. The van der Waals surface area contributed by atoms with Crippen molar-refractivity contribution in [2.45, 2.75) is 26.3 Å². The molecule has 2 aromatic heterocycles. The van der Waals surface area contributed by atoms with Crippen molar-refractivity contribution in [3.8, 4) is 10.7 Å². The fourth-order valence-corrected chi connectivity index (χ4v) is 3.53. The molecule has 2 heterocycles. The molecule has 1 aromatic carbocycles. The van der Waals surface area contributed by atoms with E-state index in [1.54, 1.807) is 18.3 Å². The monoisotopic (exact) mass is 361 g/mol. The van der Waals surface area contributed by atoms with Crippen molar-refractivity contribution in [1.82, 2.24) is 9.97 Å². The summed E-state index contributed by atoms with van der Waals surface area (Å²) in [6.45, 7) is 5.52. The minimum Gasteiger partial charge on any atom is -0.465 e. The molecule has 7 heteroatoms. The molecule has 0 aliphatic rings. The Morgan fingerprint density at radius 1 is 1.25 bits per heavy atom. The van der Waals surface area contributed by atoms with E-state index in [1.165, 1.54) is 16.2 Å². The topological polar surface area (TPSA) is 66.3 Å². The first-order valence-corrected chi connectivity index (χ1v) is 8.51. The number of anilines is 1. The summed E-state index contributed by atoms with van der Waals surface area (Å²) in [5.41, 5.74) is 1.51. The van der Waals surface area contributed by atoms with Crippen LogP contribution in [0.1, 0.15) is 20.8 Å². The molecule has 0 atom stereocenters. The van der Waals surface area contributed by atoms with Gasteiger partial charge in [0.15, 0.2) is 0 Å². The Hall–Kier alpha value is -2.18. The van der Waals surface area contributed by atoms with Crippen molar-refractivity contribution in [3.63, 3.8) is 0 Å². The number of nitrogens with zero attached hydrogens (tertiary/aromatic N) is 3. The molecule has 1 N–H and O–H groups in total. The van der Waals surface area contributed by atoms with E-state index in [4.69, 9.17) is 11.6 Å². The van der Waals surface area contributed by atoms with Gasteiger partial charge in [0, 0.05) is 10.6 Å². The number of aromatic nitrogens is 2. The maximum atomic E-state index is 11.5. The second-order valence-electron chi connectivity index (χ2n) is 6.32. The number of pyridine rings is 1. The second-order valence-corrected chi connectivity index (χ2v) is 7.79. The maximum absolute atomic E-state index is 11.5. The van der Waals surface area contributed by atoms with Crippen LogP contribution in [-0.2, 0) is 0 Å². The van der Waals surface area contributed by atoms with E-state index in [2.05, 4.69) is 9.97 Å². The lowest BCUT2D eigenvalue weighted by Gasteiger charge is -2.32. The third-order valence-corrected chi connectivity index (χ3v) is 4.73. The van der Waals surface area contributed by atoms with Gasteiger partial charge in [-0.15, -0.1) is 11.3 Å². The van der Waals surface area contributed by atoms with Gasteiger partial charge in [0.1, 0.15) is 5.01 Å². The van der Waals surface area contributed by atoms with Crippen LogP contribution in [0.25, 0.3) is 20.9 Å². The van der Waals surface area contributed by atoms with E-state index in [0.717, 1.165) is 15.2 Å². The summed E-state index contributed by atoms with van der Waals surface area (Å²) < 4.78 is 1.03. The Balaban J connectivity index is 1.97. The molecule has 124 valence electrons. The maximum Gasteiger partial charge on any atom is 0.412 e. The van der Waals surface area contributed by atoms with Crippen LogP contribution >= 0.6 is 22.9 Å². The van der Waals surface area contributed by atoms with Gasteiger partial charge in [-0.2, -0.15) is 0 Å². The molecule has 1 amide bonds. The largest absolute Gasteiger partial charge is 0.465 e. The second kappa shape index (κ2) is 6.03. The molecule has 0 radical (unpaired) electrons. The Morgan fingerprint density at radius 3 is 2.58 bits per heavy atom. The summed E-state index contributed by atoms with van der Waals surface area (Å²) in [7, 11) is 0. The molecule has 0 bridgehead atoms. The molecular formula is C17H16ClN3O2S. The van der Waals surface area contributed by atoms with Crippen molar-refractivity contribution < 1.29 is 9.90 Å². The molecular weight excluding hydrogens is 346 g/mol. The molecule has 0 saturated carbocycles. The third-order valence-electron chi connectivity index (χ3n) is 3.44. The number of rotatable bonds is 2. The normalized spacial score (nSPS) is 11.7. The van der Waals surface area contributed by atoms with Crippen molar-refractivity contribution in [2.24, 2.45) is 0 Å². The number of carbonyl (C=O) groups is 1. The number of halogens is 1. The van der Waals surface area contributed by atoms with E-state index in [-0.39, 0.29) is 0 Å². The van der Waals surface area contributed by atoms with Crippen LogP contribution in [0.15, 0.2) is 36.5 Å². The van der Waals surface area contributed by atoms with E-state index in [0.29, 0.717) is 16.4 Å². The number of hydrogen-bond acceptors (Lipinski definition) is 4. The minimum absolute atomic E-state index is 0.530. The highest BCUT2D eigenvalue weighted by molar-refractivity contribution is 7.21. The number of benzene rings is 1. The number of hydrogen-bond donors (Lipinski definition) is 1. The summed E-state index contributed by atoms with van der Waals surface area (Å²) in [6.07, 6.45) is 0.556. The average Bonchev–Trinajstić information content (AvgIpc) is 2.89. The Morgan fingerprint density at radius 2 is 2.00 bits per heavy atom. The predicted molar refractivity (Wildman–Crippen MR) is 98.1 cm³/mol. The zero-order valence-corrected chi connectivity index (χ0v) is 15.0. The fourth-order valence-electron chi connectivity index (χ4n) is 2.44. The van der Waals surface area contributed by atoms with Gasteiger partial charge >= 0.3 is 6.09 Å². The molecule has 0 aliphatic heterocycles. The summed E-state index contributed by atoms with van der Waals surface area (Å²) in [5, 5.41) is 10.9. The standard InChI is InChI=1S/C17H16ClN3O2S/c1-17(2,3)21(16(22)23)11-5-6-12(19-9-11)15-20-13-8-10(18)4-7-14(13)24-15/h4-9H,1-3H3,(H,22,23). The van der Waals surface area contributed by atoms with Crippen molar-refractivity contribution >= 4 is 44.9 Å². The van der Waals surface area contributed by atoms with Crippen LogP contribution in [0.5, 0.6) is 0 Å². The lowest BCUT2D eigenvalue weighted by atomic mass is 10.1. The third kappa shape index (κ3) is 3.20. The van der Waals surface area contributed by atoms with Crippen LogP contribution in [-0.4, -0.2) is 26.7 Å². The Bertz CT molecular complexity index is 900. The van der Waals surface area contributed by atoms with E-state index in [9.17, 15) is 9.90 Å². The number of amides is 1. The van der Waals surface area contributed by atoms with Gasteiger partial charge in [-0.1, -0.05) is 11.6 Å². The van der Waals surface area contributed by atoms with Crippen LogP contribution in [0.3, 0.4) is 0 Å². The smallest absolute Gasteiger partial charge is 0.412 e. The lowest BCUT2D eigenvalue weighted by molar-refractivity contribution is 0.195. The van der Waals surface area contributed by atoms with E-state index >= 15 is 0 Å². The van der Waals surface area contributed by atoms with Crippen molar-refractivity contribution in [2.75, 3.05) is 4.90 Å². The quantitative estimate of drug-likeness (QED) is 0.673. The SMILES string of the molecule is CC(C)(C)N(C(=O)O)c1ccc(-c2nc3cc(Cl)ccc3s2)nc1. The summed E-state index contributed by atoms with van der Waals surface area (Å²) in [5.74, 6) is 0. The van der Waals surface area contributed by atoms with Gasteiger partial charge in [-0.3, -0.25) is 9.88 Å². The van der Waals surface area contributed by atoms with Crippen LogP contribution in [0.4, 0.5) is 10.5 Å². The van der Waals surface area contributed by atoms with Gasteiger partial charge < -0.3 is 5.11 Å². The van der Waals surface area contributed by atoms with Crippen LogP contribution in [0.2, 0.25) is 5.02 Å². The zero-order valence-electron chi connectivity index (χ0n) is 13.4. The highest BCUT2D eigenvalue weighted by Crippen LogP contribution is 2.32. The van der Waals surface area contributed by atoms with E-state index < -0.39 is 11.6 Å². The Kier molecular flexibility index (Phi) is 4.19. The molecule has 3 aromatic rings. The summed E-state index contributed by atoms with van der Waals surface area (Å²) >= 11 is 7.51. The van der Waals surface area contributed by atoms with E-state index in [1.807, 2.05) is 39.0 Å². The summed E-state index contributed by atoms with van der Waals surface area (Å²) in [4.78, 5) is 21.8. The van der Waals surface area contributed by atoms with Crippen molar-refractivity contribution in [3.05, 3.63) is 41.6 Å². The molecule has 24 heavy (non-hydrogen) atoms. The van der Waals surface area contributed by atoms with Gasteiger partial charge in [-0.05, 0) is 51.1 Å². The molecule has 0 unspecified atom stereocenters. The summed E-state index contributed by atoms with van der Waals surface area (Å²) in [6, 6.07) is 9.11. The molecule has 0 fully saturated rings. The Labute approximate surface area is 148 Å². The van der Waals surface area contributed by atoms with Gasteiger partial charge in [-0.25, -0.2) is 9.78 Å². The lowest BCUT2D eigenvalue weighted by Crippen LogP contribution is -2.45. The number of thiazole rings is 1. The first-order valence-electron chi connectivity index (χ1n) is 7.31. The van der Waals surface area contributed by atoms with Crippen LogP contribution < -0.4 is 4.90 Å². The molecule has 3 rings (SSSR count). The number of fused-ring (bicyclic) bond motifs is 1. The highest BCUT2D eigenvalue weighted by Gasteiger charge is 2.28. The average molecular weight is 362 g/mol.